The largest absolute Gasteiger partial charge is 0.380 e. The second-order valence-corrected chi connectivity index (χ2v) is 5.32. The van der Waals surface area contributed by atoms with Gasteiger partial charge in [0.15, 0.2) is 0 Å². The van der Waals surface area contributed by atoms with Gasteiger partial charge in [-0.15, -0.1) is 0 Å². The van der Waals surface area contributed by atoms with Gasteiger partial charge in [0.05, 0.1) is 18.1 Å². The zero-order chi connectivity index (χ0) is 12.4. The van der Waals surface area contributed by atoms with Crippen molar-refractivity contribution in [2.75, 3.05) is 26.3 Å². The summed E-state index contributed by atoms with van der Waals surface area (Å²) in [5.74, 6) is 0.608. The molecule has 3 nitrogen and oxygen atoms in total. The Labute approximate surface area is 100 Å². The summed E-state index contributed by atoms with van der Waals surface area (Å²) in [7, 11) is 0. The highest BCUT2D eigenvalue weighted by Gasteiger charge is 2.14. The Kier molecular flexibility index (Phi) is 8.23. The molecular formula is C13H26N2O. The van der Waals surface area contributed by atoms with Gasteiger partial charge in [0, 0.05) is 13.2 Å². The van der Waals surface area contributed by atoms with E-state index in [0.717, 1.165) is 39.1 Å². The average Bonchev–Trinajstić information content (AvgIpc) is 2.21. The summed E-state index contributed by atoms with van der Waals surface area (Å²) in [4.78, 5) is 0. The predicted molar refractivity (Wildman–Crippen MR) is 67.2 cm³/mol. The van der Waals surface area contributed by atoms with E-state index in [2.05, 4.69) is 25.2 Å². The lowest BCUT2D eigenvalue weighted by Gasteiger charge is -2.14. The highest BCUT2D eigenvalue weighted by atomic mass is 16.5. The van der Waals surface area contributed by atoms with E-state index in [0.29, 0.717) is 5.92 Å². The lowest BCUT2D eigenvalue weighted by Crippen LogP contribution is -2.23. The first kappa shape index (κ1) is 15.4. The maximum absolute atomic E-state index is 8.83. The average molecular weight is 226 g/mol. The van der Waals surface area contributed by atoms with Gasteiger partial charge in [-0.05, 0) is 39.2 Å². The van der Waals surface area contributed by atoms with Crippen LogP contribution in [0.3, 0.4) is 0 Å². The minimum absolute atomic E-state index is 0.185. The molecule has 0 amide bonds. The number of nitriles is 1. The van der Waals surface area contributed by atoms with Crippen LogP contribution in [-0.4, -0.2) is 26.3 Å². The summed E-state index contributed by atoms with van der Waals surface area (Å²) < 4.78 is 5.45. The maximum atomic E-state index is 8.83. The first-order valence-corrected chi connectivity index (χ1v) is 6.17. The Morgan fingerprint density at radius 2 is 2.00 bits per heavy atom. The van der Waals surface area contributed by atoms with Gasteiger partial charge in [0.1, 0.15) is 0 Å². The fourth-order valence-corrected chi connectivity index (χ4v) is 1.30. The molecule has 0 aliphatic rings. The van der Waals surface area contributed by atoms with Crippen molar-refractivity contribution in [2.24, 2.45) is 11.3 Å². The summed E-state index contributed by atoms with van der Waals surface area (Å²) in [6.45, 7) is 11.8. The summed E-state index contributed by atoms with van der Waals surface area (Å²) in [6.07, 6.45) is 1.99. The van der Waals surface area contributed by atoms with Gasteiger partial charge in [-0.1, -0.05) is 13.8 Å². The molecule has 0 aromatic rings. The van der Waals surface area contributed by atoms with Crippen LogP contribution in [-0.2, 0) is 4.74 Å². The van der Waals surface area contributed by atoms with Crippen LogP contribution in [0.1, 0.15) is 40.5 Å². The zero-order valence-electron chi connectivity index (χ0n) is 11.2. The molecule has 1 N–H and O–H groups in total. The Morgan fingerprint density at radius 1 is 1.31 bits per heavy atom. The van der Waals surface area contributed by atoms with E-state index in [-0.39, 0.29) is 5.41 Å². The van der Waals surface area contributed by atoms with Crippen LogP contribution in [0, 0.1) is 22.7 Å². The first-order valence-electron chi connectivity index (χ1n) is 6.17. The summed E-state index contributed by atoms with van der Waals surface area (Å²) in [5.41, 5.74) is -0.185. The monoisotopic (exact) mass is 226 g/mol. The molecule has 0 fully saturated rings. The van der Waals surface area contributed by atoms with Gasteiger partial charge < -0.3 is 10.1 Å². The Hall–Kier alpha value is -0.590. The van der Waals surface area contributed by atoms with Crippen molar-refractivity contribution in [1.29, 1.82) is 5.26 Å². The third-order valence-electron chi connectivity index (χ3n) is 2.33. The molecule has 0 aromatic carbocycles. The molecule has 0 heterocycles. The summed E-state index contributed by atoms with van der Waals surface area (Å²) in [5, 5.41) is 12.1. The number of hydrogen-bond donors (Lipinski definition) is 1. The standard InChI is InChI=1S/C13H26N2O/c1-12(2)10-16-9-8-15-7-5-6-13(3,4)11-14/h12,15H,5-10H2,1-4H3. The Balaban J connectivity index is 3.20. The molecule has 0 aromatic heterocycles. The smallest absolute Gasteiger partial charge is 0.0683 e. The van der Waals surface area contributed by atoms with E-state index in [9.17, 15) is 0 Å². The van der Waals surface area contributed by atoms with Crippen LogP contribution in [0.5, 0.6) is 0 Å². The number of rotatable bonds is 9. The molecule has 0 spiro atoms. The normalized spacial score (nSPS) is 11.8. The summed E-state index contributed by atoms with van der Waals surface area (Å²) in [6, 6.07) is 2.31. The van der Waals surface area contributed by atoms with E-state index in [1.807, 2.05) is 13.8 Å². The van der Waals surface area contributed by atoms with E-state index >= 15 is 0 Å². The van der Waals surface area contributed by atoms with Gasteiger partial charge in [-0.3, -0.25) is 0 Å². The molecule has 94 valence electrons. The van der Waals surface area contributed by atoms with Crippen LogP contribution in [0.2, 0.25) is 0 Å². The van der Waals surface area contributed by atoms with Crippen LogP contribution in [0.4, 0.5) is 0 Å². The number of nitrogens with one attached hydrogen (secondary N) is 1. The zero-order valence-corrected chi connectivity index (χ0v) is 11.2. The van der Waals surface area contributed by atoms with Crippen molar-refractivity contribution in [3.05, 3.63) is 0 Å². The molecule has 0 atom stereocenters. The van der Waals surface area contributed by atoms with E-state index < -0.39 is 0 Å². The van der Waals surface area contributed by atoms with Gasteiger partial charge in [-0.25, -0.2) is 0 Å². The maximum Gasteiger partial charge on any atom is 0.0683 e. The number of nitrogens with zero attached hydrogens (tertiary/aromatic N) is 1. The van der Waals surface area contributed by atoms with Crippen molar-refractivity contribution < 1.29 is 4.74 Å². The quantitative estimate of drug-likeness (QED) is 0.615. The molecule has 0 unspecified atom stereocenters. The molecule has 0 aliphatic heterocycles. The highest BCUT2D eigenvalue weighted by Crippen LogP contribution is 2.19. The third kappa shape index (κ3) is 9.95. The summed E-state index contributed by atoms with van der Waals surface area (Å²) >= 11 is 0. The van der Waals surface area contributed by atoms with Crippen molar-refractivity contribution in [3.8, 4) is 6.07 Å². The minimum atomic E-state index is -0.185. The predicted octanol–water partition coefficient (Wildman–Crippen LogP) is 2.58. The van der Waals surface area contributed by atoms with Gasteiger partial charge in [0.2, 0.25) is 0 Å². The molecule has 0 aliphatic carbocycles. The minimum Gasteiger partial charge on any atom is -0.380 e. The fourth-order valence-electron chi connectivity index (χ4n) is 1.30. The SMILES string of the molecule is CC(C)COCCNCCCC(C)(C)C#N. The van der Waals surface area contributed by atoms with Gasteiger partial charge in [0.25, 0.3) is 0 Å². The molecular weight excluding hydrogens is 200 g/mol. The van der Waals surface area contributed by atoms with E-state index in [4.69, 9.17) is 10.00 Å². The molecule has 0 radical (unpaired) electrons. The Morgan fingerprint density at radius 3 is 2.56 bits per heavy atom. The van der Waals surface area contributed by atoms with Gasteiger partial charge >= 0.3 is 0 Å². The van der Waals surface area contributed by atoms with Crippen LogP contribution >= 0.6 is 0 Å². The second kappa shape index (κ2) is 8.55. The van der Waals surface area contributed by atoms with Crippen LogP contribution in [0.25, 0.3) is 0 Å². The second-order valence-electron chi connectivity index (χ2n) is 5.32. The van der Waals surface area contributed by atoms with Crippen molar-refractivity contribution in [3.63, 3.8) is 0 Å². The molecule has 0 rings (SSSR count). The van der Waals surface area contributed by atoms with E-state index in [1.165, 1.54) is 0 Å². The molecule has 3 heteroatoms. The van der Waals surface area contributed by atoms with Crippen molar-refractivity contribution in [2.45, 2.75) is 40.5 Å². The van der Waals surface area contributed by atoms with Crippen molar-refractivity contribution >= 4 is 0 Å². The number of ether oxygens (including phenoxy) is 1. The fraction of sp³-hybridized carbons (Fsp3) is 0.923. The van der Waals surface area contributed by atoms with Gasteiger partial charge in [-0.2, -0.15) is 5.26 Å². The topological polar surface area (TPSA) is 45.0 Å². The molecule has 0 saturated heterocycles. The lowest BCUT2D eigenvalue weighted by atomic mass is 9.90. The van der Waals surface area contributed by atoms with Crippen LogP contribution < -0.4 is 5.32 Å². The van der Waals surface area contributed by atoms with Crippen molar-refractivity contribution in [1.82, 2.24) is 5.32 Å². The molecule has 0 bridgehead atoms. The third-order valence-corrected chi connectivity index (χ3v) is 2.33. The number of hydrogen-bond acceptors (Lipinski definition) is 3. The Bertz CT molecular complexity index is 206. The van der Waals surface area contributed by atoms with E-state index in [1.54, 1.807) is 0 Å². The highest BCUT2D eigenvalue weighted by molar-refractivity contribution is 4.91. The molecule has 16 heavy (non-hydrogen) atoms. The molecule has 0 saturated carbocycles. The first-order chi connectivity index (χ1) is 7.48. The lowest BCUT2D eigenvalue weighted by molar-refractivity contribution is 0.112. The van der Waals surface area contributed by atoms with Crippen LogP contribution in [0.15, 0.2) is 0 Å².